The van der Waals surface area contributed by atoms with E-state index in [1.54, 1.807) is 7.05 Å². The van der Waals surface area contributed by atoms with Crippen LogP contribution in [-0.2, 0) is 14.3 Å². The van der Waals surface area contributed by atoms with Crippen LogP contribution in [0.15, 0.2) is 48.5 Å². The number of benzene rings is 2. The number of alkyl carbamates (subject to hydrolysis) is 1. The first-order chi connectivity index (χ1) is 16.9. The van der Waals surface area contributed by atoms with Gasteiger partial charge in [0.2, 0.25) is 5.91 Å². The fourth-order valence-corrected chi connectivity index (χ4v) is 5.52. The molecule has 2 aromatic rings. The van der Waals surface area contributed by atoms with Crippen molar-refractivity contribution in [3.63, 3.8) is 0 Å². The van der Waals surface area contributed by atoms with Gasteiger partial charge in [0.05, 0.1) is 0 Å². The van der Waals surface area contributed by atoms with Crippen LogP contribution in [0.2, 0.25) is 0 Å². The maximum absolute atomic E-state index is 13.0. The van der Waals surface area contributed by atoms with Crippen LogP contribution in [0.3, 0.4) is 0 Å². The Hall–Kier alpha value is -3.35. The number of hydrogen-bond donors (Lipinski definition) is 2. The highest BCUT2D eigenvalue weighted by Gasteiger charge is 2.45. The van der Waals surface area contributed by atoms with E-state index in [4.69, 9.17) is 4.74 Å². The number of aliphatic carboxylic acids is 1. The van der Waals surface area contributed by atoms with Crippen molar-refractivity contribution >= 4 is 18.0 Å². The molecule has 0 aliphatic heterocycles. The Labute approximate surface area is 206 Å². The number of nitrogens with one attached hydrogen (secondary N) is 1. The molecule has 0 radical (unpaired) electrons. The van der Waals surface area contributed by atoms with Crippen LogP contribution in [0.4, 0.5) is 4.79 Å². The molecule has 0 saturated heterocycles. The molecule has 35 heavy (non-hydrogen) atoms. The van der Waals surface area contributed by atoms with Gasteiger partial charge in [0.15, 0.2) is 0 Å². The number of fused-ring (bicyclic) bond motifs is 3. The fourth-order valence-electron chi connectivity index (χ4n) is 5.52. The number of carboxylic acid groups (broad SMARTS) is 1. The van der Waals surface area contributed by atoms with Crippen LogP contribution < -0.4 is 5.32 Å². The van der Waals surface area contributed by atoms with Crippen LogP contribution in [0, 0.1) is 0 Å². The van der Waals surface area contributed by atoms with E-state index in [2.05, 4.69) is 29.6 Å². The minimum absolute atomic E-state index is 0.0340. The maximum Gasteiger partial charge on any atom is 0.407 e. The largest absolute Gasteiger partial charge is 0.479 e. The predicted molar refractivity (Wildman–Crippen MR) is 133 cm³/mol. The zero-order valence-corrected chi connectivity index (χ0v) is 20.5. The van der Waals surface area contributed by atoms with Crippen molar-refractivity contribution in [3.05, 3.63) is 59.7 Å². The van der Waals surface area contributed by atoms with E-state index >= 15 is 0 Å². The molecule has 1 saturated carbocycles. The van der Waals surface area contributed by atoms with Crippen molar-refractivity contribution in [3.8, 4) is 11.1 Å². The molecule has 2 aliphatic carbocycles. The second kappa shape index (κ2) is 10.5. The number of amides is 2. The van der Waals surface area contributed by atoms with Crippen molar-refractivity contribution in [2.24, 2.45) is 0 Å². The number of carboxylic acids is 1. The van der Waals surface area contributed by atoms with Crippen molar-refractivity contribution in [1.29, 1.82) is 0 Å². The Morgan fingerprint density at radius 3 is 2.14 bits per heavy atom. The number of rotatable bonds is 8. The molecule has 0 bridgehead atoms. The van der Waals surface area contributed by atoms with Crippen LogP contribution in [-0.4, -0.2) is 53.2 Å². The van der Waals surface area contributed by atoms with Crippen molar-refractivity contribution in [2.45, 2.75) is 69.4 Å². The Balaban J connectivity index is 1.36. The van der Waals surface area contributed by atoms with Gasteiger partial charge in [0.25, 0.3) is 0 Å². The minimum Gasteiger partial charge on any atom is -0.479 e. The molecule has 7 heteroatoms. The van der Waals surface area contributed by atoms with Crippen LogP contribution in [0.5, 0.6) is 0 Å². The summed E-state index contributed by atoms with van der Waals surface area (Å²) in [5.41, 5.74) is 3.44. The summed E-state index contributed by atoms with van der Waals surface area (Å²) in [4.78, 5) is 39.1. The number of likely N-dealkylation sites (N-methyl/N-ethyl adjacent to an activating group) is 1. The third-order valence-electron chi connectivity index (χ3n) is 7.67. The summed E-state index contributed by atoms with van der Waals surface area (Å²) in [6.45, 7) is 2.08. The zero-order chi connectivity index (χ0) is 25.0. The summed E-state index contributed by atoms with van der Waals surface area (Å²) >= 11 is 0. The Kier molecular flexibility index (Phi) is 7.43. The van der Waals surface area contributed by atoms with Crippen molar-refractivity contribution in [1.82, 2.24) is 10.2 Å². The second-order valence-electron chi connectivity index (χ2n) is 9.63. The predicted octanol–water partition coefficient (Wildman–Crippen LogP) is 4.94. The van der Waals surface area contributed by atoms with Gasteiger partial charge in [-0.1, -0.05) is 74.7 Å². The molecule has 2 amide bonds. The number of carbonyl (C=O) groups is 3. The Morgan fingerprint density at radius 2 is 1.60 bits per heavy atom. The lowest BCUT2D eigenvalue weighted by molar-refractivity contribution is -0.160. The topological polar surface area (TPSA) is 95.9 Å². The highest BCUT2D eigenvalue weighted by atomic mass is 16.5. The van der Waals surface area contributed by atoms with Gasteiger partial charge in [-0.15, -0.1) is 0 Å². The first-order valence-electron chi connectivity index (χ1n) is 12.5. The molecule has 0 heterocycles. The van der Waals surface area contributed by atoms with Gasteiger partial charge in [-0.05, 0) is 41.5 Å². The lowest BCUT2D eigenvalue weighted by Gasteiger charge is -2.41. The van der Waals surface area contributed by atoms with Gasteiger partial charge >= 0.3 is 12.1 Å². The van der Waals surface area contributed by atoms with E-state index in [1.165, 1.54) is 4.90 Å². The van der Waals surface area contributed by atoms with Gasteiger partial charge in [-0.25, -0.2) is 9.59 Å². The summed E-state index contributed by atoms with van der Waals surface area (Å²) in [7, 11) is 1.57. The highest BCUT2D eigenvalue weighted by molar-refractivity contribution is 5.87. The van der Waals surface area contributed by atoms with E-state index in [1.807, 2.05) is 31.2 Å². The molecule has 7 nitrogen and oxygen atoms in total. The van der Waals surface area contributed by atoms with Gasteiger partial charge in [-0.3, -0.25) is 4.79 Å². The van der Waals surface area contributed by atoms with Gasteiger partial charge < -0.3 is 20.1 Å². The van der Waals surface area contributed by atoms with E-state index in [0.29, 0.717) is 19.3 Å². The van der Waals surface area contributed by atoms with E-state index < -0.39 is 23.6 Å². The summed E-state index contributed by atoms with van der Waals surface area (Å²) in [6, 6.07) is 15.9. The van der Waals surface area contributed by atoms with Crippen molar-refractivity contribution < 1.29 is 24.2 Å². The van der Waals surface area contributed by atoms with Gasteiger partial charge in [-0.2, -0.15) is 0 Å². The fraction of sp³-hybridized carbons (Fsp3) is 0.464. The first-order valence-corrected chi connectivity index (χ1v) is 12.5. The first kappa shape index (κ1) is 24.8. The average Bonchev–Trinajstić information content (AvgIpc) is 3.20. The molecule has 2 N–H and O–H groups in total. The number of ether oxygens (including phenoxy) is 1. The van der Waals surface area contributed by atoms with Crippen LogP contribution in [0.25, 0.3) is 11.1 Å². The average molecular weight is 479 g/mol. The molecule has 1 atom stereocenters. The van der Waals surface area contributed by atoms with E-state index in [-0.39, 0.29) is 24.9 Å². The molecule has 0 aromatic heterocycles. The summed E-state index contributed by atoms with van der Waals surface area (Å²) in [5.74, 6) is -1.27. The summed E-state index contributed by atoms with van der Waals surface area (Å²) < 4.78 is 5.62. The van der Waals surface area contributed by atoms with E-state index in [9.17, 15) is 19.5 Å². The van der Waals surface area contributed by atoms with Crippen LogP contribution >= 0.6 is 0 Å². The number of hydrogen-bond acceptors (Lipinski definition) is 4. The smallest absolute Gasteiger partial charge is 0.407 e. The molecule has 0 unspecified atom stereocenters. The minimum atomic E-state index is -1.16. The lowest BCUT2D eigenvalue weighted by atomic mass is 9.80. The van der Waals surface area contributed by atoms with E-state index in [0.717, 1.165) is 41.5 Å². The molecule has 4 rings (SSSR count). The normalized spacial score (nSPS) is 17.1. The molecular formula is C28H34N2O5. The quantitative estimate of drug-likeness (QED) is 0.560. The number of nitrogens with zero attached hydrogens (tertiary/aromatic N) is 1. The number of carbonyl (C=O) groups excluding carboxylic acids is 2. The second-order valence-corrected chi connectivity index (χ2v) is 9.63. The monoisotopic (exact) mass is 478 g/mol. The van der Waals surface area contributed by atoms with Gasteiger partial charge in [0.1, 0.15) is 12.1 Å². The highest BCUT2D eigenvalue weighted by Crippen LogP contribution is 2.44. The summed E-state index contributed by atoms with van der Waals surface area (Å²) in [5, 5.41) is 12.7. The Bertz CT molecular complexity index is 1050. The lowest BCUT2D eigenvalue weighted by Crippen LogP contribution is -2.57. The SMILES string of the molecule is CC[C@@H](CC(=O)N(C)C1(C(=O)O)CCCCC1)NC(=O)OCC1c2ccccc2-c2ccccc21. The molecule has 1 fully saturated rings. The maximum atomic E-state index is 13.0. The third-order valence-corrected chi connectivity index (χ3v) is 7.67. The van der Waals surface area contributed by atoms with Gasteiger partial charge in [0, 0.05) is 25.4 Å². The standard InChI is InChI=1S/C28H34N2O5/c1-3-19(17-25(31)30(2)28(26(32)33)15-9-4-10-16-28)29-27(34)35-18-24-22-13-7-5-11-20(22)21-12-6-8-14-23(21)24/h5-8,11-14,19,24H,3-4,9-10,15-18H2,1-2H3,(H,29,34)(H,32,33)/t19-/m0/s1. The zero-order valence-electron chi connectivity index (χ0n) is 20.5. The third kappa shape index (κ3) is 4.90. The molecule has 0 spiro atoms. The molecular weight excluding hydrogens is 444 g/mol. The molecule has 2 aromatic carbocycles. The molecule has 186 valence electrons. The Morgan fingerprint density at radius 1 is 1.03 bits per heavy atom. The summed E-state index contributed by atoms with van der Waals surface area (Å²) in [6.07, 6.45) is 3.48. The van der Waals surface area contributed by atoms with Crippen LogP contribution in [0.1, 0.15) is 68.9 Å². The molecule has 2 aliphatic rings. The van der Waals surface area contributed by atoms with Crippen molar-refractivity contribution in [2.75, 3.05) is 13.7 Å².